The van der Waals surface area contributed by atoms with Crippen molar-refractivity contribution < 1.29 is 13.2 Å². The van der Waals surface area contributed by atoms with Crippen LogP contribution in [0.5, 0.6) is 0 Å². The first-order chi connectivity index (χ1) is 18.9. The average Bonchev–Trinajstić information content (AvgIpc) is 3.22. The number of aliphatic imine (C=N–C) groups is 1. The topological polar surface area (TPSA) is 75.6 Å². The van der Waals surface area contributed by atoms with Gasteiger partial charge in [-0.3, -0.25) is 9.79 Å². The molecular weight excluding hydrogens is 528 g/mol. The number of carbonyl (C=O) groups is 1. The Hall–Kier alpha value is -3.74. The lowest BCUT2D eigenvalue weighted by Crippen LogP contribution is -2.34. The first-order valence-electron chi connectivity index (χ1n) is 13.0. The highest BCUT2D eigenvalue weighted by atomic mass is 35.5. The second-order valence-electron chi connectivity index (χ2n) is 10.1. The molecule has 7 heteroatoms. The first kappa shape index (κ1) is 25.5. The second kappa shape index (κ2) is 10.4. The van der Waals surface area contributed by atoms with Crippen LogP contribution in [0.25, 0.3) is 11.1 Å². The van der Waals surface area contributed by atoms with Crippen LogP contribution in [-0.2, 0) is 10.7 Å². The van der Waals surface area contributed by atoms with Gasteiger partial charge in [0, 0.05) is 40.4 Å². The number of allylic oxidation sites excluding steroid dienone is 6. The first-order valence-corrected chi connectivity index (χ1v) is 14.7. The van der Waals surface area contributed by atoms with Crippen LogP contribution in [0.15, 0.2) is 101 Å². The predicted molar refractivity (Wildman–Crippen MR) is 158 cm³/mol. The van der Waals surface area contributed by atoms with Gasteiger partial charge in [-0.2, -0.15) is 0 Å². The van der Waals surface area contributed by atoms with Crippen molar-refractivity contribution in [3.63, 3.8) is 0 Å². The third-order valence-electron chi connectivity index (χ3n) is 7.77. The van der Waals surface area contributed by atoms with Gasteiger partial charge >= 0.3 is 0 Å². The molecular formula is C32H27ClN2O3S. The Balaban J connectivity index is 1.63. The lowest BCUT2D eigenvalue weighted by atomic mass is 9.71. The van der Waals surface area contributed by atoms with Crippen LogP contribution >= 0.6 is 11.6 Å². The van der Waals surface area contributed by atoms with Crippen LogP contribution in [0.4, 0.5) is 0 Å². The Labute approximate surface area is 234 Å². The van der Waals surface area contributed by atoms with Gasteiger partial charge in [-0.15, -0.1) is 0 Å². The number of nitrogens with one attached hydrogen (secondary N) is 1. The maximum atomic E-state index is 14.0. The highest BCUT2D eigenvalue weighted by Crippen LogP contribution is 2.45. The maximum Gasteiger partial charge on any atom is 0.187 e. The maximum absolute atomic E-state index is 14.0. The van der Waals surface area contributed by atoms with E-state index in [1.807, 2.05) is 30.5 Å². The van der Waals surface area contributed by atoms with Gasteiger partial charge in [-0.1, -0.05) is 61.0 Å². The van der Waals surface area contributed by atoms with E-state index in [9.17, 15) is 13.2 Å². The van der Waals surface area contributed by atoms with Gasteiger partial charge in [0.05, 0.1) is 17.6 Å². The molecule has 0 spiro atoms. The summed E-state index contributed by atoms with van der Waals surface area (Å²) < 4.78 is 22.7. The molecule has 0 radical (unpaired) electrons. The van der Waals surface area contributed by atoms with Crippen LogP contribution in [0.3, 0.4) is 0 Å². The summed E-state index contributed by atoms with van der Waals surface area (Å²) in [5.74, 6) is 0.113. The molecule has 3 aliphatic carbocycles. The molecule has 2 aromatic rings. The van der Waals surface area contributed by atoms with Crippen molar-refractivity contribution in [3.05, 3.63) is 128 Å². The van der Waals surface area contributed by atoms with Gasteiger partial charge in [-0.25, -0.2) is 8.42 Å². The lowest BCUT2D eigenvalue weighted by Gasteiger charge is -2.33. The van der Waals surface area contributed by atoms with Gasteiger partial charge in [-0.05, 0) is 75.4 Å². The summed E-state index contributed by atoms with van der Waals surface area (Å²) in [7, 11) is -2.48. The molecule has 0 fully saturated rings. The van der Waals surface area contributed by atoms with E-state index in [0.29, 0.717) is 17.0 Å². The van der Waals surface area contributed by atoms with Gasteiger partial charge < -0.3 is 5.32 Å². The molecule has 1 heterocycles. The summed E-state index contributed by atoms with van der Waals surface area (Å²) in [6.07, 6.45) is 16.4. The molecule has 2 unspecified atom stereocenters. The fraction of sp³-hybridized carbons (Fsp3) is 0.188. The number of halogens is 1. The highest BCUT2D eigenvalue weighted by Gasteiger charge is 2.34. The van der Waals surface area contributed by atoms with E-state index in [4.69, 9.17) is 11.6 Å². The molecule has 196 valence electrons. The monoisotopic (exact) mass is 554 g/mol. The molecule has 0 amide bonds. The number of hydrogen-bond acceptors (Lipinski definition) is 5. The number of benzene rings is 2. The van der Waals surface area contributed by atoms with Crippen LogP contribution in [0.1, 0.15) is 53.1 Å². The number of rotatable bonds is 5. The van der Waals surface area contributed by atoms with Gasteiger partial charge in [0.15, 0.2) is 5.78 Å². The van der Waals surface area contributed by atoms with Gasteiger partial charge in [0.2, 0.25) is 0 Å². The van der Waals surface area contributed by atoms with Crippen LogP contribution in [0, 0.1) is 0 Å². The molecule has 1 N–H and O–H groups in total. The number of nitrogens with zero attached hydrogens (tertiary/aromatic N) is 1. The summed E-state index contributed by atoms with van der Waals surface area (Å²) in [5.41, 5.74) is 7.58. The molecule has 4 aliphatic rings. The van der Waals surface area contributed by atoms with E-state index < -0.39 is 10.7 Å². The largest absolute Gasteiger partial charge is 0.360 e. The smallest absolute Gasteiger partial charge is 0.187 e. The van der Waals surface area contributed by atoms with E-state index >= 15 is 0 Å². The van der Waals surface area contributed by atoms with Crippen molar-refractivity contribution in [1.82, 2.24) is 5.32 Å². The van der Waals surface area contributed by atoms with Crippen molar-refractivity contribution in [2.24, 2.45) is 4.99 Å². The third-order valence-corrected chi connectivity index (χ3v) is 8.61. The van der Waals surface area contributed by atoms with E-state index in [1.165, 1.54) is 0 Å². The minimum absolute atomic E-state index is 0.0255. The highest BCUT2D eigenvalue weighted by molar-refractivity contribution is 7.72. The quantitative estimate of drug-likeness (QED) is 0.531. The summed E-state index contributed by atoms with van der Waals surface area (Å²) in [6, 6.07) is 12.1. The van der Waals surface area contributed by atoms with E-state index in [1.54, 1.807) is 18.5 Å². The Morgan fingerprint density at radius 3 is 2.67 bits per heavy atom. The Morgan fingerprint density at radius 1 is 1.08 bits per heavy atom. The Kier molecular flexibility index (Phi) is 6.83. The SMILES string of the molecule is CC1C=CC(CC[SH](=O)=O)=c2ccc3c(c21)C(=O)C=C1C(C2=CN=CC=CN2)=CCC(c2ccc(Cl)cc2)C=31. The molecule has 0 saturated carbocycles. The molecule has 0 saturated heterocycles. The summed E-state index contributed by atoms with van der Waals surface area (Å²) in [4.78, 5) is 18.3. The summed E-state index contributed by atoms with van der Waals surface area (Å²) in [5, 5.41) is 5.90. The van der Waals surface area contributed by atoms with Gasteiger partial charge in [0.1, 0.15) is 10.7 Å². The fourth-order valence-electron chi connectivity index (χ4n) is 6.01. The number of hydrogen-bond donors (Lipinski definition) is 2. The number of ketones is 1. The van der Waals surface area contributed by atoms with Crippen LogP contribution in [0.2, 0.25) is 5.02 Å². The molecule has 6 rings (SSSR count). The average molecular weight is 555 g/mol. The molecule has 1 aliphatic heterocycles. The van der Waals surface area contributed by atoms with Crippen molar-refractivity contribution in [1.29, 1.82) is 0 Å². The zero-order chi connectivity index (χ0) is 27.1. The third kappa shape index (κ3) is 4.68. The minimum Gasteiger partial charge on any atom is -0.360 e. The normalized spacial score (nSPS) is 21.4. The van der Waals surface area contributed by atoms with Crippen molar-refractivity contribution in [3.8, 4) is 0 Å². The summed E-state index contributed by atoms with van der Waals surface area (Å²) >= 11 is 6.23. The van der Waals surface area contributed by atoms with E-state index in [0.717, 1.165) is 56.0 Å². The lowest BCUT2D eigenvalue weighted by molar-refractivity contribution is 0.104. The number of thiol groups is 1. The molecule has 2 atom stereocenters. The summed E-state index contributed by atoms with van der Waals surface area (Å²) in [6.45, 7) is 2.09. The van der Waals surface area contributed by atoms with Crippen molar-refractivity contribution in [2.75, 3.05) is 5.75 Å². The zero-order valence-corrected chi connectivity index (χ0v) is 23.0. The Morgan fingerprint density at radius 2 is 1.87 bits per heavy atom. The van der Waals surface area contributed by atoms with Crippen LogP contribution in [-0.4, -0.2) is 26.2 Å². The van der Waals surface area contributed by atoms with Crippen molar-refractivity contribution in [2.45, 2.75) is 31.6 Å². The number of fused-ring (bicyclic) bond motifs is 4. The molecule has 2 aromatic carbocycles. The molecule has 5 nitrogen and oxygen atoms in total. The standard InChI is InChI=1S/C32H27ClN2O3S/c1-19-3-4-21(13-16-39(37)38)23-10-12-26-31-24(20-5-7-22(33)8-6-20)9-11-25(28-18-34-14-2-15-35-28)27(31)17-29(36)32(26)30(19)23/h2-8,10-12,14-15,17-19,24,35,39H,9,13,16H2,1H3. The second-order valence-corrected chi connectivity index (χ2v) is 11.6. The van der Waals surface area contributed by atoms with Crippen LogP contribution < -0.4 is 15.8 Å². The fourth-order valence-corrected chi connectivity index (χ4v) is 6.56. The molecule has 0 aromatic heterocycles. The predicted octanol–water partition coefficient (Wildman–Crippen LogP) is 4.58. The zero-order valence-electron chi connectivity index (χ0n) is 21.4. The minimum atomic E-state index is -2.48. The number of carbonyl (C=O) groups excluding carboxylic acids is 1. The molecule has 0 bridgehead atoms. The molecule has 39 heavy (non-hydrogen) atoms. The van der Waals surface area contributed by atoms with E-state index in [2.05, 4.69) is 53.7 Å². The van der Waals surface area contributed by atoms with Gasteiger partial charge in [0.25, 0.3) is 0 Å². The van der Waals surface area contributed by atoms with Crippen molar-refractivity contribution >= 4 is 45.4 Å². The van der Waals surface area contributed by atoms with E-state index in [-0.39, 0.29) is 23.4 Å². The Bertz CT molecular complexity index is 1780.